The molecule has 33 heavy (non-hydrogen) atoms. The zero-order chi connectivity index (χ0) is 22.4. The molecule has 168 valence electrons. The monoisotopic (exact) mass is 437 g/mol. The molecule has 3 aliphatic heterocycles. The first kappa shape index (κ1) is 20.5. The molecule has 0 saturated carbocycles. The number of benzene rings is 3. The third kappa shape index (κ3) is 3.53. The Morgan fingerprint density at radius 1 is 0.818 bits per heavy atom. The molecule has 0 bridgehead atoms. The highest BCUT2D eigenvalue weighted by molar-refractivity contribution is 6.02. The van der Waals surface area contributed by atoms with Crippen molar-refractivity contribution in [3.05, 3.63) is 90.0 Å². The summed E-state index contributed by atoms with van der Waals surface area (Å²) >= 11 is 0. The predicted molar refractivity (Wildman–Crippen MR) is 133 cm³/mol. The van der Waals surface area contributed by atoms with Crippen molar-refractivity contribution in [2.75, 3.05) is 13.1 Å². The number of ether oxygens (including phenoxy) is 1. The van der Waals surface area contributed by atoms with Gasteiger partial charge in [-0.15, -0.1) is 0 Å². The van der Waals surface area contributed by atoms with Crippen LogP contribution in [0.3, 0.4) is 0 Å². The molecule has 6 rings (SSSR count). The maximum atomic E-state index is 6.76. The minimum Gasteiger partial charge on any atom is -0.466 e. The number of likely N-dealkylation sites (tertiary alicyclic amines) is 1. The van der Waals surface area contributed by atoms with Crippen LogP contribution in [-0.4, -0.2) is 40.5 Å². The molecule has 1 fully saturated rings. The van der Waals surface area contributed by atoms with Crippen molar-refractivity contribution in [2.45, 2.75) is 50.9 Å². The van der Waals surface area contributed by atoms with Gasteiger partial charge in [-0.3, -0.25) is 0 Å². The van der Waals surface area contributed by atoms with Gasteiger partial charge in [0.05, 0.1) is 11.8 Å². The van der Waals surface area contributed by atoms with Gasteiger partial charge in [-0.25, -0.2) is 5.01 Å². The Balaban J connectivity index is 1.33. The van der Waals surface area contributed by atoms with Crippen LogP contribution in [0.2, 0.25) is 0 Å². The van der Waals surface area contributed by atoms with E-state index in [0.29, 0.717) is 6.04 Å². The summed E-state index contributed by atoms with van der Waals surface area (Å²) in [5.41, 5.74) is 5.75. The number of nitrogens with zero attached hydrogens (tertiary/aromatic N) is 3. The lowest BCUT2D eigenvalue weighted by Gasteiger charge is -2.51. The lowest BCUT2D eigenvalue weighted by Crippen LogP contribution is -2.59. The molecule has 0 radical (unpaired) electrons. The van der Waals surface area contributed by atoms with E-state index in [2.05, 4.69) is 103 Å². The molecule has 4 heteroatoms. The summed E-state index contributed by atoms with van der Waals surface area (Å²) in [4.78, 5) is 2.55. The Labute approximate surface area is 196 Å². The normalized spacial score (nSPS) is 21.5. The second-order valence-electron chi connectivity index (χ2n) is 9.77. The Hall–Kier alpha value is -3.11. The molecule has 1 atom stereocenters. The van der Waals surface area contributed by atoms with Crippen LogP contribution in [0.1, 0.15) is 50.3 Å². The van der Waals surface area contributed by atoms with E-state index in [1.165, 1.54) is 22.3 Å². The maximum Gasteiger partial charge on any atom is 0.200 e. The van der Waals surface area contributed by atoms with Gasteiger partial charge in [-0.05, 0) is 36.6 Å². The van der Waals surface area contributed by atoms with Crippen molar-refractivity contribution in [1.29, 1.82) is 0 Å². The van der Waals surface area contributed by atoms with Crippen molar-refractivity contribution < 1.29 is 4.74 Å². The molecule has 3 aromatic carbocycles. The predicted octanol–water partition coefficient (Wildman–Crippen LogP) is 6.10. The van der Waals surface area contributed by atoms with Crippen molar-refractivity contribution >= 4 is 5.71 Å². The van der Waals surface area contributed by atoms with Gasteiger partial charge in [0.2, 0.25) is 5.72 Å². The molecule has 0 amide bonds. The minimum atomic E-state index is -0.351. The van der Waals surface area contributed by atoms with Crippen LogP contribution in [0, 0.1) is 0 Å². The van der Waals surface area contributed by atoms with Gasteiger partial charge >= 0.3 is 0 Å². The number of fused-ring (bicyclic) bond motifs is 4. The van der Waals surface area contributed by atoms with Crippen molar-refractivity contribution in [3.63, 3.8) is 0 Å². The highest BCUT2D eigenvalue weighted by Crippen LogP contribution is 2.50. The summed E-state index contributed by atoms with van der Waals surface area (Å²) in [5, 5.41) is 7.55. The quantitative estimate of drug-likeness (QED) is 0.496. The Bertz CT molecular complexity index is 1160. The molecule has 0 aliphatic carbocycles. The van der Waals surface area contributed by atoms with E-state index >= 15 is 0 Å². The fourth-order valence-electron chi connectivity index (χ4n) is 5.61. The fourth-order valence-corrected chi connectivity index (χ4v) is 5.61. The molecule has 3 aliphatic rings. The molecule has 1 saturated heterocycles. The Morgan fingerprint density at radius 3 is 2.18 bits per heavy atom. The summed E-state index contributed by atoms with van der Waals surface area (Å²) in [6, 6.07) is 28.8. The van der Waals surface area contributed by atoms with Crippen LogP contribution in [0.15, 0.2) is 84.0 Å². The second-order valence-corrected chi connectivity index (χ2v) is 9.77. The summed E-state index contributed by atoms with van der Waals surface area (Å²) in [6.07, 6.45) is 2.86. The number of hydrazone groups is 1. The van der Waals surface area contributed by atoms with E-state index in [4.69, 9.17) is 9.84 Å². The topological polar surface area (TPSA) is 28.1 Å². The van der Waals surface area contributed by atoms with E-state index in [0.717, 1.165) is 43.8 Å². The first-order valence-corrected chi connectivity index (χ1v) is 12.2. The van der Waals surface area contributed by atoms with E-state index in [-0.39, 0.29) is 11.8 Å². The molecule has 0 N–H and O–H groups in total. The lowest BCUT2D eigenvalue weighted by molar-refractivity contribution is -0.152. The van der Waals surface area contributed by atoms with E-state index in [1.807, 2.05) is 0 Å². The van der Waals surface area contributed by atoms with Gasteiger partial charge in [0.15, 0.2) is 0 Å². The second kappa shape index (κ2) is 8.03. The van der Waals surface area contributed by atoms with Gasteiger partial charge in [-0.2, -0.15) is 5.10 Å². The SMILES string of the molecule is CC(C)N1CCC2(CC1)Oc1ccccc1[C@@H]1CC(c3ccc(-c4ccccc4)cc3)=NN12. The van der Waals surface area contributed by atoms with Crippen molar-refractivity contribution in [2.24, 2.45) is 5.10 Å². The molecule has 3 aromatic rings. The highest BCUT2D eigenvalue weighted by atomic mass is 16.5. The van der Waals surface area contributed by atoms with E-state index in [9.17, 15) is 0 Å². The summed E-state index contributed by atoms with van der Waals surface area (Å²) in [7, 11) is 0. The van der Waals surface area contributed by atoms with Gasteiger partial charge in [-0.1, -0.05) is 72.8 Å². The van der Waals surface area contributed by atoms with Gasteiger partial charge < -0.3 is 9.64 Å². The Kier molecular flexibility index (Phi) is 4.99. The number of hydrogen-bond acceptors (Lipinski definition) is 4. The molecule has 3 heterocycles. The third-order valence-electron chi connectivity index (χ3n) is 7.54. The van der Waals surface area contributed by atoms with Crippen LogP contribution >= 0.6 is 0 Å². The standard InChI is InChI=1S/C29H31N3O/c1-21(2)31-18-16-29(17-19-31)32-27(25-10-6-7-11-28(25)33-29)20-26(30-32)24-14-12-23(13-15-24)22-8-4-3-5-9-22/h3-15,21,27H,16-20H2,1-2H3/t27-/m0/s1. The van der Waals surface area contributed by atoms with Crippen LogP contribution in [0.5, 0.6) is 5.75 Å². The van der Waals surface area contributed by atoms with Crippen molar-refractivity contribution in [3.8, 4) is 16.9 Å². The van der Waals surface area contributed by atoms with Crippen LogP contribution in [0.25, 0.3) is 11.1 Å². The third-order valence-corrected chi connectivity index (χ3v) is 7.54. The average molecular weight is 438 g/mol. The maximum absolute atomic E-state index is 6.76. The molecule has 0 aromatic heterocycles. The minimum absolute atomic E-state index is 0.240. The van der Waals surface area contributed by atoms with Crippen LogP contribution in [0.4, 0.5) is 0 Å². The number of rotatable bonds is 3. The molecular weight excluding hydrogens is 406 g/mol. The van der Waals surface area contributed by atoms with Crippen LogP contribution in [-0.2, 0) is 0 Å². The largest absolute Gasteiger partial charge is 0.466 e. The fraction of sp³-hybridized carbons (Fsp3) is 0.345. The van der Waals surface area contributed by atoms with E-state index in [1.54, 1.807) is 0 Å². The molecule has 1 spiro atoms. The first-order valence-electron chi connectivity index (χ1n) is 12.2. The average Bonchev–Trinajstić information content (AvgIpc) is 3.32. The Morgan fingerprint density at radius 2 is 1.45 bits per heavy atom. The zero-order valence-electron chi connectivity index (χ0n) is 19.4. The lowest BCUT2D eigenvalue weighted by atomic mass is 9.90. The number of piperidine rings is 1. The van der Waals surface area contributed by atoms with Crippen molar-refractivity contribution in [1.82, 2.24) is 9.91 Å². The molecule has 0 unspecified atom stereocenters. The summed E-state index contributed by atoms with van der Waals surface area (Å²) < 4.78 is 6.76. The van der Waals surface area contributed by atoms with Gasteiger partial charge in [0.25, 0.3) is 0 Å². The molecular formula is C29H31N3O. The molecule has 4 nitrogen and oxygen atoms in total. The smallest absolute Gasteiger partial charge is 0.200 e. The number of para-hydroxylation sites is 1. The van der Waals surface area contributed by atoms with Crippen LogP contribution < -0.4 is 4.74 Å². The first-order chi connectivity index (χ1) is 16.1. The highest BCUT2D eigenvalue weighted by Gasteiger charge is 2.51. The summed E-state index contributed by atoms with van der Waals surface area (Å²) in [6.45, 7) is 6.64. The van der Waals surface area contributed by atoms with Gasteiger partial charge in [0.1, 0.15) is 5.75 Å². The number of hydrogen-bond donors (Lipinski definition) is 0. The summed E-state index contributed by atoms with van der Waals surface area (Å²) in [5.74, 6) is 1.03. The van der Waals surface area contributed by atoms with Gasteiger partial charge in [0, 0.05) is 44.0 Å². The van der Waals surface area contributed by atoms with E-state index < -0.39 is 0 Å². The zero-order valence-corrected chi connectivity index (χ0v) is 19.4.